The van der Waals surface area contributed by atoms with Gasteiger partial charge in [0.05, 0.1) is 18.2 Å². The average molecular weight is 184 g/mol. The van der Waals surface area contributed by atoms with Gasteiger partial charge in [-0.3, -0.25) is 0 Å². The summed E-state index contributed by atoms with van der Waals surface area (Å²) in [4.78, 5) is 8.02. The molecule has 0 spiro atoms. The minimum absolute atomic E-state index is 0.664. The van der Waals surface area contributed by atoms with Crippen LogP contribution >= 0.6 is 0 Å². The average Bonchev–Trinajstić information content (AvgIpc) is 2.25. The third-order valence-corrected chi connectivity index (χ3v) is 1.53. The van der Waals surface area contributed by atoms with Crippen LogP contribution in [-0.4, -0.2) is 12.6 Å². The monoisotopic (exact) mass is 184 g/mol. The maximum absolute atomic E-state index is 4.04. The number of rotatable bonds is 3. The molecule has 0 aliphatic heterocycles. The van der Waals surface area contributed by atoms with Crippen LogP contribution in [0, 0.1) is 11.8 Å². The van der Waals surface area contributed by atoms with Gasteiger partial charge in [0.25, 0.3) is 0 Å². The van der Waals surface area contributed by atoms with E-state index in [1.165, 1.54) is 0 Å². The van der Waals surface area contributed by atoms with Crippen molar-refractivity contribution in [1.29, 1.82) is 0 Å². The first kappa shape index (κ1) is 10.2. The first-order valence-electron chi connectivity index (χ1n) is 4.50. The van der Waals surface area contributed by atoms with Gasteiger partial charge in [0.2, 0.25) is 0 Å². The Kier molecular flexibility index (Phi) is 4.87. The zero-order valence-electron chi connectivity index (χ0n) is 8.20. The second-order valence-corrected chi connectivity index (χ2v) is 2.61. The molecule has 0 heterocycles. The number of benzene rings is 1. The van der Waals surface area contributed by atoms with E-state index in [1.807, 2.05) is 37.3 Å². The Balaban J connectivity index is 2.42. The van der Waals surface area contributed by atoms with Crippen LogP contribution < -0.4 is 0 Å². The maximum atomic E-state index is 4.04. The van der Waals surface area contributed by atoms with Crippen molar-refractivity contribution in [2.24, 2.45) is 9.98 Å². The van der Waals surface area contributed by atoms with Crippen molar-refractivity contribution in [3.05, 3.63) is 30.3 Å². The fraction of sp³-hybridized carbons (Fsp3) is 0.250. The number of para-hydroxylation sites is 1. The molecule has 0 aliphatic carbocycles. The molecule has 0 bridgehead atoms. The van der Waals surface area contributed by atoms with E-state index in [9.17, 15) is 0 Å². The Morgan fingerprint density at radius 3 is 2.71 bits per heavy atom. The highest BCUT2D eigenvalue weighted by molar-refractivity contribution is 5.51. The van der Waals surface area contributed by atoms with Gasteiger partial charge in [0, 0.05) is 6.42 Å². The molecule has 1 rings (SSSR count). The molecule has 0 fully saturated rings. The van der Waals surface area contributed by atoms with E-state index in [0.29, 0.717) is 6.54 Å². The largest absolute Gasteiger partial charge is 0.224 e. The Morgan fingerprint density at radius 1 is 1.21 bits per heavy atom. The molecule has 1 aromatic rings. The van der Waals surface area contributed by atoms with E-state index in [-0.39, 0.29) is 0 Å². The van der Waals surface area contributed by atoms with Crippen LogP contribution in [0.15, 0.2) is 40.3 Å². The summed E-state index contributed by atoms with van der Waals surface area (Å²) in [5.41, 5.74) is 0.873. The molecule has 0 atom stereocenters. The van der Waals surface area contributed by atoms with Crippen molar-refractivity contribution >= 4 is 11.7 Å². The molecule has 0 aliphatic rings. The van der Waals surface area contributed by atoms with Crippen LogP contribution in [0.5, 0.6) is 0 Å². The minimum atomic E-state index is 0.664. The van der Waals surface area contributed by atoms with Crippen LogP contribution in [0.3, 0.4) is 0 Å². The molecule has 0 saturated heterocycles. The highest BCUT2D eigenvalue weighted by Gasteiger charge is 1.80. The van der Waals surface area contributed by atoms with Gasteiger partial charge in [-0.1, -0.05) is 18.2 Å². The van der Waals surface area contributed by atoms with E-state index in [2.05, 4.69) is 27.8 Å². The van der Waals surface area contributed by atoms with Crippen LogP contribution in [-0.2, 0) is 0 Å². The first-order valence-corrected chi connectivity index (χ1v) is 4.50. The lowest BCUT2D eigenvalue weighted by Crippen LogP contribution is -1.74. The Morgan fingerprint density at radius 2 is 2.00 bits per heavy atom. The predicted molar refractivity (Wildman–Crippen MR) is 58.9 cm³/mol. The molecule has 2 nitrogen and oxygen atoms in total. The van der Waals surface area contributed by atoms with Gasteiger partial charge in [-0.25, -0.2) is 4.99 Å². The molecule has 70 valence electrons. The van der Waals surface area contributed by atoms with E-state index < -0.39 is 0 Å². The Labute approximate surface area is 84.4 Å². The summed E-state index contributed by atoms with van der Waals surface area (Å²) in [6.07, 6.45) is 0.772. The Bertz CT molecular complexity index is 376. The van der Waals surface area contributed by atoms with Gasteiger partial charge in [0.1, 0.15) is 0 Å². The lowest BCUT2D eigenvalue weighted by Gasteiger charge is -1.85. The fourth-order valence-corrected chi connectivity index (χ4v) is 0.882. The van der Waals surface area contributed by atoms with Gasteiger partial charge in [-0.15, -0.1) is 11.8 Å². The summed E-state index contributed by atoms with van der Waals surface area (Å²) < 4.78 is 0. The van der Waals surface area contributed by atoms with Gasteiger partial charge in [-0.2, -0.15) is 4.99 Å². The topological polar surface area (TPSA) is 24.7 Å². The van der Waals surface area contributed by atoms with Gasteiger partial charge >= 0.3 is 0 Å². The molecule has 0 amide bonds. The quantitative estimate of drug-likeness (QED) is 0.392. The molecular formula is C12H12N2. The van der Waals surface area contributed by atoms with Crippen molar-refractivity contribution in [2.45, 2.75) is 13.3 Å². The van der Waals surface area contributed by atoms with Crippen LogP contribution in [0.2, 0.25) is 0 Å². The lowest BCUT2D eigenvalue weighted by molar-refractivity contribution is 1.04. The van der Waals surface area contributed by atoms with Gasteiger partial charge < -0.3 is 0 Å². The number of aliphatic imine (C=N–C) groups is 2. The molecule has 2 heteroatoms. The smallest absolute Gasteiger partial charge is 0.0949 e. The van der Waals surface area contributed by atoms with Crippen molar-refractivity contribution in [3.8, 4) is 11.8 Å². The van der Waals surface area contributed by atoms with E-state index >= 15 is 0 Å². The highest BCUT2D eigenvalue weighted by atomic mass is 14.8. The molecule has 0 aromatic heterocycles. The zero-order chi connectivity index (χ0) is 10.1. The van der Waals surface area contributed by atoms with Crippen molar-refractivity contribution in [3.63, 3.8) is 0 Å². The van der Waals surface area contributed by atoms with Crippen LogP contribution in [0.4, 0.5) is 5.69 Å². The summed E-state index contributed by atoms with van der Waals surface area (Å²) in [5.74, 6) is 5.73. The first-order chi connectivity index (χ1) is 6.93. The number of hydrogen-bond donors (Lipinski definition) is 0. The molecular weight excluding hydrogens is 172 g/mol. The molecule has 14 heavy (non-hydrogen) atoms. The second-order valence-electron chi connectivity index (χ2n) is 2.61. The summed E-state index contributed by atoms with van der Waals surface area (Å²) in [5, 5.41) is 0. The summed E-state index contributed by atoms with van der Waals surface area (Å²) in [6.45, 7) is 2.49. The normalized spacial score (nSPS) is 8.07. The summed E-state index contributed by atoms with van der Waals surface area (Å²) in [6, 6.07) is 12.3. The summed E-state index contributed by atoms with van der Waals surface area (Å²) in [7, 11) is 0. The maximum Gasteiger partial charge on any atom is 0.0949 e. The highest BCUT2D eigenvalue weighted by Crippen LogP contribution is 2.07. The third kappa shape index (κ3) is 4.25. The van der Waals surface area contributed by atoms with Crippen molar-refractivity contribution in [2.75, 3.05) is 6.54 Å². The van der Waals surface area contributed by atoms with Crippen LogP contribution in [0.1, 0.15) is 13.3 Å². The molecule has 0 saturated carbocycles. The van der Waals surface area contributed by atoms with Gasteiger partial charge in [0.15, 0.2) is 0 Å². The standard InChI is InChI=1S/C12H12N2/c1-2-3-7-10-13-11-14-12-8-5-4-6-9-12/h4-6,8-9H,7,10H2,1H3. The van der Waals surface area contributed by atoms with Gasteiger partial charge in [-0.05, 0) is 19.1 Å². The number of hydrogen-bond acceptors (Lipinski definition) is 2. The van der Waals surface area contributed by atoms with E-state index in [4.69, 9.17) is 0 Å². The van der Waals surface area contributed by atoms with E-state index in [1.54, 1.807) is 0 Å². The second kappa shape index (κ2) is 6.65. The molecule has 0 radical (unpaired) electrons. The SMILES string of the molecule is CC#CCCN=C=Nc1ccccc1. The third-order valence-electron chi connectivity index (χ3n) is 1.53. The fourth-order valence-electron chi connectivity index (χ4n) is 0.882. The predicted octanol–water partition coefficient (Wildman–Crippen LogP) is 2.91. The minimum Gasteiger partial charge on any atom is -0.224 e. The number of nitrogens with zero attached hydrogens (tertiary/aromatic N) is 2. The van der Waals surface area contributed by atoms with Crippen LogP contribution in [0.25, 0.3) is 0 Å². The molecule has 0 N–H and O–H groups in total. The van der Waals surface area contributed by atoms with E-state index in [0.717, 1.165) is 12.1 Å². The molecule has 0 unspecified atom stereocenters. The summed E-state index contributed by atoms with van der Waals surface area (Å²) >= 11 is 0. The van der Waals surface area contributed by atoms with Crippen molar-refractivity contribution in [1.82, 2.24) is 0 Å². The lowest BCUT2D eigenvalue weighted by atomic mass is 10.3. The molecule has 1 aromatic carbocycles. The Hall–Kier alpha value is -1.84. The van der Waals surface area contributed by atoms with Crippen molar-refractivity contribution < 1.29 is 0 Å². The zero-order valence-corrected chi connectivity index (χ0v) is 8.20.